The van der Waals surface area contributed by atoms with Crippen LogP contribution >= 0.6 is 11.6 Å². The monoisotopic (exact) mass is 429 g/mol. The van der Waals surface area contributed by atoms with Gasteiger partial charge in [0, 0.05) is 18.3 Å². The van der Waals surface area contributed by atoms with Gasteiger partial charge in [-0.1, -0.05) is 17.7 Å². The van der Waals surface area contributed by atoms with Crippen LogP contribution in [0.25, 0.3) is 5.82 Å². The zero-order valence-electron chi connectivity index (χ0n) is 15.9. The lowest BCUT2D eigenvalue weighted by atomic mass is 10.2. The number of carbonyl (C=O) groups is 2. The fourth-order valence-corrected chi connectivity index (χ4v) is 2.77. The maximum atomic E-state index is 12.5. The number of nitro groups is 1. The molecule has 0 aliphatic carbocycles. The highest BCUT2D eigenvalue weighted by Crippen LogP contribution is 2.27. The molecule has 0 aliphatic heterocycles. The first-order chi connectivity index (χ1) is 14.3. The van der Waals surface area contributed by atoms with Crippen molar-refractivity contribution in [3.63, 3.8) is 0 Å². The number of benzene rings is 1. The maximum Gasteiger partial charge on any atom is 0.342 e. The van der Waals surface area contributed by atoms with E-state index in [0.717, 1.165) is 6.07 Å². The van der Waals surface area contributed by atoms with Crippen LogP contribution in [0.5, 0.6) is 0 Å². The Morgan fingerprint density at radius 3 is 2.70 bits per heavy atom. The van der Waals surface area contributed by atoms with Crippen molar-refractivity contribution in [1.82, 2.24) is 14.8 Å². The van der Waals surface area contributed by atoms with Gasteiger partial charge in [-0.3, -0.25) is 14.9 Å². The SMILES string of the molecule is Cc1c(C(=O)OC(C)C(=O)Nc2ccc([N+](=O)[O-])cc2Cl)cnn1-c1ccccn1. The molecule has 1 amide bonds. The number of anilines is 1. The van der Waals surface area contributed by atoms with Crippen molar-refractivity contribution < 1.29 is 19.2 Å². The van der Waals surface area contributed by atoms with E-state index in [-0.39, 0.29) is 22.0 Å². The van der Waals surface area contributed by atoms with E-state index in [4.69, 9.17) is 16.3 Å². The molecule has 1 N–H and O–H groups in total. The minimum Gasteiger partial charge on any atom is -0.449 e. The Kier molecular flexibility index (Phi) is 6.07. The molecule has 0 saturated carbocycles. The number of rotatable bonds is 6. The first kappa shape index (κ1) is 20.9. The molecule has 10 nitrogen and oxygen atoms in total. The van der Waals surface area contributed by atoms with Crippen molar-refractivity contribution in [2.75, 3.05) is 5.32 Å². The number of nitrogens with zero attached hydrogens (tertiary/aromatic N) is 4. The van der Waals surface area contributed by atoms with Crippen LogP contribution in [-0.2, 0) is 9.53 Å². The molecule has 0 radical (unpaired) electrons. The number of aromatic nitrogens is 3. The average molecular weight is 430 g/mol. The lowest BCUT2D eigenvalue weighted by molar-refractivity contribution is -0.384. The van der Waals surface area contributed by atoms with Crippen molar-refractivity contribution >= 4 is 34.9 Å². The van der Waals surface area contributed by atoms with Crippen molar-refractivity contribution in [3.8, 4) is 5.82 Å². The number of carbonyl (C=O) groups excluding carboxylic acids is 2. The summed E-state index contributed by atoms with van der Waals surface area (Å²) in [4.78, 5) is 39.2. The van der Waals surface area contributed by atoms with Gasteiger partial charge < -0.3 is 10.1 Å². The number of halogens is 1. The number of nitrogens with one attached hydrogen (secondary N) is 1. The van der Waals surface area contributed by atoms with E-state index in [9.17, 15) is 19.7 Å². The molecule has 11 heteroatoms. The summed E-state index contributed by atoms with van der Waals surface area (Å²) < 4.78 is 6.71. The van der Waals surface area contributed by atoms with Gasteiger partial charge in [0.25, 0.3) is 11.6 Å². The van der Waals surface area contributed by atoms with Crippen LogP contribution in [-0.4, -0.2) is 37.7 Å². The Balaban J connectivity index is 1.68. The summed E-state index contributed by atoms with van der Waals surface area (Å²) in [5.74, 6) is -0.839. The highest BCUT2D eigenvalue weighted by Gasteiger charge is 2.23. The third-order valence-corrected chi connectivity index (χ3v) is 4.48. The van der Waals surface area contributed by atoms with Crippen LogP contribution in [0.4, 0.5) is 11.4 Å². The summed E-state index contributed by atoms with van der Waals surface area (Å²) in [6.07, 6.45) is 1.79. The molecule has 2 aromatic heterocycles. The first-order valence-corrected chi connectivity index (χ1v) is 9.07. The Morgan fingerprint density at radius 2 is 2.07 bits per heavy atom. The molecule has 1 unspecified atom stereocenters. The summed E-state index contributed by atoms with van der Waals surface area (Å²) in [5, 5.41) is 17.4. The summed E-state index contributed by atoms with van der Waals surface area (Å²) in [6.45, 7) is 3.07. The molecule has 1 atom stereocenters. The first-order valence-electron chi connectivity index (χ1n) is 8.69. The van der Waals surface area contributed by atoms with E-state index in [1.807, 2.05) is 0 Å². The Hall–Kier alpha value is -3.79. The largest absolute Gasteiger partial charge is 0.449 e. The number of non-ortho nitro benzene ring substituents is 1. The Labute approximate surface area is 175 Å². The highest BCUT2D eigenvalue weighted by molar-refractivity contribution is 6.34. The third kappa shape index (κ3) is 4.44. The lowest BCUT2D eigenvalue weighted by Crippen LogP contribution is -2.30. The molecule has 0 spiro atoms. The Morgan fingerprint density at radius 1 is 1.30 bits per heavy atom. The van der Waals surface area contributed by atoms with Crippen molar-refractivity contribution in [2.45, 2.75) is 20.0 Å². The van der Waals surface area contributed by atoms with Crippen LogP contribution in [0.3, 0.4) is 0 Å². The van der Waals surface area contributed by atoms with Crippen LogP contribution < -0.4 is 5.32 Å². The molecule has 0 bridgehead atoms. The van der Waals surface area contributed by atoms with E-state index >= 15 is 0 Å². The molecule has 154 valence electrons. The van der Waals surface area contributed by atoms with Gasteiger partial charge in [0.1, 0.15) is 5.56 Å². The lowest BCUT2D eigenvalue weighted by Gasteiger charge is -2.14. The van der Waals surface area contributed by atoms with Crippen LogP contribution in [0.2, 0.25) is 5.02 Å². The van der Waals surface area contributed by atoms with Crippen LogP contribution in [0, 0.1) is 17.0 Å². The molecule has 2 heterocycles. The van der Waals surface area contributed by atoms with E-state index in [0.29, 0.717) is 11.5 Å². The van der Waals surface area contributed by atoms with Gasteiger partial charge in [0.2, 0.25) is 0 Å². The summed E-state index contributed by atoms with van der Waals surface area (Å²) in [5.41, 5.74) is 0.644. The van der Waals surface area contributed by atoms with Gasteiger partial charge in [-0.2, -0.15) is 5.10 Å². The molecule has 0 aliphatic rings. The summed E-state index contributed by atoms with van der Waals surface area (Å²) in [7, 11) is 0. The zero-order valence-corrected chi connectivity index (χ0v) is 16.7. The molecular weight excluding hydrogens is 414 g/mol. The fourth-order valence-electron chi connectivity index (χ4n) is 2.55. The number of hydrogen-bond donors (Lipinski definition) is 1. The Bertz CT molecular complexity index is 1120. The number of nitro benzene ring substituents is 1. The van der Waals surface area contributed by atoms with Gasteiger partial charge in [-0.15, -0.1) is 0 Å². The van der Waals surface area contributed by atoms with Gasteiger partial charge in [-0.25, -0.2) is 14.5 Å². The zero-order chi connectivity index (χ0) is 21.8. The molecule has 0 fully saturated rings. The number of esters is 1. The summed E-state index contributed by atoms with van der Waals surface area (Å²) in [6, 6.07) is 8.90. The van der Waals surface area contributed by atoms with Crippen molar-refractivity contribution in [2.24, 2.45) is 0 Å². The van der Waals surface area contributed by atoms with E-state index < -0.39 is 22.9 Å². The number of amides is 1. The molecule has 3 aromatic rings. The standard InChI is InChI=1S/C19H16ClN5O5/c1-11-14(10-22-24(11)17-5-3-4-8-21-17)19(27)30-12(2)18(26)23-16-7-6-13(25(28)29)9-15(16)20/h3-10,12H,1-2H3,(H,23,26). The molecule has 1 aromatic carbocycles. The highest BCUT2D eigenvalue weighted by atomic mass is 35.5. The topological polar surface area (TPSA) is 129 Å². The number of hydrogen-bond acceptors (Lipinski definition) is 7. The molecule has 3 rings (SSSR count). The van der Waals surface area contributed by atoms with Gasteiger partial charge >= 0.3 is 5.97 Å². The van der Waals surface area contributed by atoms with E-state index in [1.54, 1.807) is 31.3 Å². The minimum absolute atomic E-state index is 0.0106. The smallest absolute Gasteiger partial charge is 0.342 e. The quantitative estimate of drug-likeness (QED) is 0.361. The average Bonchev–Trinajstić information content (AvgIpc) is 3.11. The van der Waals surface area contributed by atoms with Crippen molar-refractivity contribution in [1.29, 1.82) is 0 Å². The molecular formula is C19H16ClN5O5. The van der Waals surface area contributed by atoms with Gasteiger partial charge in [0.15, 0.2) is 11.9 Å². The van der Waals surface area contributed by atoms with E-state index in [1.165, 1.54) is 29.9 Å². The maximum absolute atomic E-state index is 12.5. The molecule has 0 saturated heterocycles. The van der Waals surface area contributed by atoms with Gasteiger partial charge in [0.05, 0.1) is 27.5 Å². The second-order valence-electron chi connectivity index (χ2n) is 6.20. The minimum atomic E-state index is -1.15. The number of ether oxygens (including phenoxy) is 1. The number of pyridine rings is 1. The van der Waals surface area contributed by atoms with Crippen molar-refractivity contribution in [3.05, 3.63) is 75.2 Å². The summed E-state index contributed by atoms with van der Waals surface area (Å²) >= 11 is 5.96. The van der Waals surface area contributed by atoms with Gasteiger partial charge in [-0.05, 0) is 32.0 Å². The third-order valence-electron chi connectivity index (χ3n) is 4.17. The van der Waals surface area contributed by atoms with E-state index in [2.05, 4.69) is 15.4 Å². The second-order valence-corrected chi connectivity index (χ2v) is 6.61. The fraction of sp³-hybridized carbons (Fsp3) is 0.158. The molecule has 30 heavy (non-hydrogen) atoms. The van der Waals surface area contributed by atoms with Crippen LogP contribution in [0.15, 0.2) is 48.8 Å². The predicted octanol–water partition coefficient (Wildman–Crippen LogP) is 3.32. The predicted molar refractivity (Wildman–Crippen MR) is 108 cm³/mol. The van der Waals surface area contributed by atoms with Crippen LogP contribution in [0.1, 0.15) is 23.0 Å². The second kappa shape index (κ2) is 8.70. The normalized spacial score (nSPS) is 11.6.